The molecule has 0 saturated heterocycles. The van der Waals surface area contributed by atoms with Crippen LogP contribution in [0.2, 0.25) is 0 Å². The number of methoxy groups -OCH3 is 1. The van der Waals surface area contributed by atoms with Gasteiger partial charge in [-0.2, -0.15) is 0 Å². The van der Waals surface area contributed by atoms with Gasteiger partial charge < -0.3 is 14.2 Å². The van der Waals surface area contributed by atoms with Crippen LogP contribution in [0, 0.1) is 0 Å². The highest BCUT2D eigenvalue weighted by Gasteiger charge is 2.15. The van der Waals surface area contributed by atoms with E-state index in [9.17, 15) is 8.42 Å². The molecule has 0 unspecified atom stereocenters. The van der Waals surface area contributed by atoms with Crippen LogP contribution in [0.3, 0.4) is 0 Å². The maximum Gasteiger partial charge on any atom is 0.240 e. The molecule has 0 spiro atoms. The zero-order valence-electron chi connectivity index (χ0n) is 12.6. The Balaban J connectivity index is 1.71. The third kappa shape index (κ3) is 3.57. The van der Waals surface area contributed by atoms with Crippen LogP contribution >= 0.6 is 0 Å². The normalized spacial score (nSPS) is 13.6. The van der Waals surface area contributed by atoms with Crippen molar-refractivity contribution < 1.29 is 22.6 Å². The number of fused-ring (bicyclic) bond motifs is 1. The molecule has 1 aliphatic rings. The molecule has 6 nitrogen and oxygen atoms in total. The first-order chi connectivity index (χ1) is 11.1. The molecule has 7 heteroatoms. The van der Waals surface area contributed by atoms with Gasteiger partial charge >= 0.3 is 0 Å². The third-order valence-corrected chi connectivity index (χ3v) is 4.86. The summed E-state index contributed by atoms with van der Waals surface area (Å²) in [6.07, 6.45) is 0. The maximum absolute atomic E-state index is 12.3. The second-order valence-electron chi connectivity index (χ2n) is 4.98. The fraction of sp³-hybridized carbons (Fsp3) is 0.250. The second kappa shape index (κ2) is 6.47. The number of rotatable bonds is 5. The minimum Gasteiger partial charge on any atom is -0.497 e. The molecule has 0 bridgehead atoms. The Labute approximate surface area is 135 Å². The van der Waals surface area contributed by atoms with Gasteiger partial charge in [0.1, 0.15) is 19.0 Å². The van der Waals surface area contributed by atoms with Crippen molar-refractivity contribution in [3.05, 3.63) is 48.0 Å². The lowest BCUT2D eigenvalue weighted by Crippen LogP contribution is -2.23. The molecule has 3 rings (SSSR count). The van der Waals surface area contributed by atoms with Crippen molar-refractivity contribution in [3.8, 4) is 17.2 Å². The number of sulfonamides is 1. The van der Waals surface area contributed by atoms with Crippen LogP contribution in [0.5, 0.6) is 17.2 Å². The fourth-order valence-electron chi connectivity index (χ4n) is 2.21. The molecule has 1 heterocycles. The minimum absolute atomic E-state index is 0.172. The Bertz CT molecular complexity index is 787. The zero-order chi connectivity index (χ0) is 16.3. The van der Waals surface area contributed by atoms with Gasteiger partial charge in [-0.25, -0.2) is 13.1 Å². The highest BCUT2D eigenvalue weighted by Crippen LogP contribution is 2.30. The number of benzene rings is 2. The molecular formula is C16H17NO5S. The van der Waals surface area contributed by atoms with Gasteiger partial charge in [0.25, 0.3) is 0 Å². The third-order valence-electron chi connectivity index (χ3n) is 3.44. The molecule has 122 valence electrons. The van der Waals surface area contributed by atoms with Gasteiger partial charge in [-0.15, -0.1) is 0 Å². The summed E-state index contributed by atoms with van der Waals surface area (Å²) in [5, 5.41) is 0. The summed E-state index contributed by atoms with van der Waals surface area (Å²) in [6.45, 7) is 1.19. The zero-order valence-corrected chi connectivity index (χ0v) is 13.4. The van der Waals surface area contributed by atoms with Crippen LogP contribution in [-0.2, 0) is 16.6 Å². The second-order valence-corrected chi connectivity index (χ2v) is 6.75. The Morgan fingerprint density at radius 3 is 2.43 bits per heavy atom. The molecule has 1 aliphatic heterocycles. The number of ether oxygens (including phenoxy) is 3. The standard InChI is InChI=1S/C16H17NO5S/c1-20-13-3-5-14(6-4-13)23(18,19)17-11-12-2-7-15-16(10-12)22-9-8-21-15/h2-7,10,17H,8-9,11H2,1H3. The molecule has 0 atom stereocenters. The van der Waals surface area contributed by atoms with Crippen LogP contribution in [0.25, 0.3) is 0 Å². The summed E-state index contributed by atoms with van der Waals surface area (Å²) in [4.78, 5) is 0.191. The maximum atomic E-state index is 12.3. The summed E-state index contributed by atoms with van der Waals surface area (Å²) in [5.41, 5.74) is 0.798. The van der Waals surface area contributed by atoms with E-state index in [2.05, 4.69) is 4.72 Å². The predicted molar refractivity (Wildman–Crippen MR) is 84.5 cm³/mol. The van der Waals surface area contributed by atoms with E-state index in [1.54, 1.807) is 24.3 Å². The first-order valence-corrected chi connectivity index (χ1v) is 8.59. The van der Waals surface area contributed by atoms with Crippen molar-refractivity contribution in [1.82, 2.24) is 4.72 Å². The van der Waals surface area contributed by atoms with E-state index in [0.717, 1.165) is 5.56 Å². The van der Waals surface area contributed by atoms with Crippen LogP contribution in [0.15, 0.2) is 47.4 Å². The van der Waals surface area contributed by atoms with Gasteiger partial charge in [0.15, 0.2) is 11.5 Å². The lowest BCUT2D eigenvalue weighted by Gasteiger charge is -2.19. The van der Waals surface area contributed by atoms with Crippen molar-refractivity contribution in [3.63, 3.8) is 0 Å². The van der Waals surface area contributed by atoms with Crippen molar-refractivity contribution in [2.75, 3.05) is 20.3 Å². The molecule has 2 aromatic rings. The Morgan fingerprint density at radius 1 is 1.04 bits per heavy atom. The van der Waals surface area contributed by atoms with Gasteiger partial charge in [-0.1, -0.05) is 6.07 Å². The van der Waals surface area contributed by atoms with Crippen molar-refractivity contribution in [1.29, 1.82) is 0 Å². The molecule has 0 amide bonds. The topological polar surface area (TPSA) is 73.9 Å². The van der Waals surface area contributed by atoms with E-state index >= 15 is 0 Å². The number of hydrogen-bond acceptors (Lipinski definition) is 5. The van der Waals surface area contributed by atoms with Gasteiger partial charge in [0, 0.05) is 6.54 Å². The number of nitrogens with one attached hydrogen (secondary N) is 1. The van der Waals surface area contributed by atoms with E-state index in [4.69, 9.17) is 14.2 Å². The lowest BCUT2D eigenvalue weighted by molar-refractivity contribution is 0.171. The van der Waals surface area contributed by atoms with Crippen molar-refractivity contribution >= 4 is 10.0 Å². The van der Waals surface area contributed by atoms with E-state index in [0.29, 0.717) is 30.5 Å². The van der Waals surface area contributed by atoms with Crippen LogP contribution in [0.1, 0.15) is 5.56 Å². The monoisotopic (exact) mass is 335 g/mol. The highest BCUT2D eigenvalue weighted by molar-refractivity contribution is 7.89. The summed E-state index contributed by atoms with van der Waals surface area (Å²) >= 11 is 0. The van der Waals surface area contributed by atoms with Crippen LogP contribution < -0.4 is 18.9 Å². The van der Waals surface area contributed by atoms with Crippen molar-refractivity contribution in [2.24, 2.45) is 0 Å². The molecule has 23 heavy (non-hydrogen) atoms. The smallest absolute Gasteiger partial charge is 0.240 e. The first-order valence-electron chi connectivity index (χ1n) is 7.11. The molecule has 0 aromatic heterocycles. The fourth-order valence-corrected chi connectivity index (χ4v) is 3.23. The molecule has 0 aliphatic carbocycles. The summed E-state index contributed by atoms with van der Waals surface area (Å²) in [7, 11) is -2.05. The van der Waals surface area contributed by atoms with Gasteiger partial charge in [0.2, 0.25) is 10.0 Å². The Hall–Kier alpha value is -2.25. The average Bonchev–Trinajstić information content (AvgIpc) is 2.60. The molecule has 1 N–H and O–H groups in total. The van der Waals surface area contributed by atoms with Gasteiger partial charge in [0.05, 0.1) is 12.0 Å². The molecule has 0 radical (unpaired) electrons. The van der Waals surface area contributed by atoms with E-state index in [-0.39, 0.29) is 11.4 Å². The van der Waals surface area contributed by atoms with E-state index < -0.39 is 10.0 Å². The summed E-state index contributed by atoms with van der Waals surface area (Å²) in [6, 6.07) is 11.6. The Morgan fingerprint density at radius 2 is 1.74 bits per heavy atom. The summed E-state index contributed by atoms with van der Waals surface area (Å²) < 4.78 is 43.1. The molecule has 0 saturated carbocycles. The molecular weight excluding hydrogens is 318 g/mol. The van der Waals surface area contributed by atoms with Gasteiger partial charge in [-0.3, -0.25) is 0 Å². The van der Waals surface area contributed by atoms with E-state index in [1.165, 1.54) is 19.2 Å². The molecule has 2 aromatic carbocycles. The van der Waals surface area contributed by atoms with Crippen molar-refractivity contribution in [2.45, 2.75) is 11.4 Å². The Kier molecular flexibility index (Phi) is 4.40. The SMILES string of the molecule is COc1ccc(S(=O)(=O)NCc2ccc3c(c2)OCCO3)cc1. The molecule has 0 fully saturated rings. The summed E-state index contributed by atoms with van der Waals surface area (Å²) in [5.74, 6) is 1.92. The van der Waals surface area contributed by atoms with Gasteiger partial charge in [-0.05, 0) is 42.0 Å². The quantitative estimate of drug-likeness (QED) is 0.904. The average molecular weight is 335 g/mol. The predicted octanol–water partition coefficient (Wildman–Crippen LogP) is 1.94. The lowest BCUT2D eigenvalue weighted by atomic mass is 10.2. The highest BCUT2D eigenvalue weighted by atomic mass is 32.2. The van der Waals surface area contributed by atoms with E-state index in [1.807, 2.05) is 6.07 Å². The first kappa shape index (κ1) is 15.6. The van der Waals surface area contributed by atoms with Crippen LogP contribution in [-0.4, -0.2) is 28.7 Å². The largest absolute Gasteiger partial charge is 0.497 e. The minimum atomic E-state index is -3.58. The van der Waals surface area contributed by atoms with Crippen LogP contribution in [0.4, 0.5) is 0 Å². The number of hydrogen-bond donors (Lipinski definition) is 1.